The molecule has 3 heterocycles. The van der Waals surface area contributed by atoms with Crippen LogP contribution in [0.25, 0.3) is 10.8 Å². The lowest BCUT2D eigenvalue weighted by Gasteiger charge is -2.33. The van der Waals surface area contributed by atoms with E-state index in [4.69, 9.17) is 4.74 Å². The minimum absolute atomic E-state index is 0.00361. The summed E-state index contributed by atoms with van der Waals surface area (Å²) in [5.74, 6) is -2.21. The molecule has 8 heteroatoms. The van der Waals surface area contributed by atoms with Crippen LogP contribution >= 0.6 is 0 Å². The van der Waals surface area contributed by atoms with Crippen molar-refractivity contribution in [1.29, 1.82) is 0 Å². The molecule has 3 amide bonds. The maximum Gasteiger partial charge on any atom is 0.250 e. The van der Waals surface area contributed by atoms with Crippen molar-refractivity contribution in [3.63, 3.8) is 0 Å². The average molecular weight is 542 g/mol. The highest BCUT2D eigenvalue weighted by Gasteiger charge is 2.77. The second-order valence-electron chi connectivity index (χ2n) is 11.4. The summed E-state index contributed by atoms with van der Waals surface area (Å²) in [5.41, 5.74) is -0.307. The first-order chi connectivity index (χ1) is 19.4. The molecule has 3 aliphatic rings. The van der Waals surface area contributed by atoms with Crippen LogP contribution in [0, 0.1) is 11.8 Å². The number of carbonyl (C=O) groups is 3. The molecular weight excluding hydrogens is 506 g/mol. The third-order valence-electron chi connectivity index (χ3n) is 8.94. The minimum atomic E-state index is -1.08. The molecule has 3 aromatic rings. The first-order valence-electron chi connectivity index (χ1n) is 14.1. The van der Waals surface area contributed by atoms with Crippen molar-refractivity contribution in [3.8, 4) is 0 Å². The van der Waals surface area contributed by atoms with Gasteiger partial charge in [0.25, 0.3) is 0 Å². The average Bonchev–Trinajstić information content (AvgIpc) is 3.53. The monoisotopic (exact) mass is 541 g/mol. The zero-order valence-corrected chi connectivity index (χ0v) is 22.6. The summed E-state index contributed by atoms with van der Waals surface area (Å²) >= 11 is 0. The topological polar surface area (TPSA) is 108 Å². The number of amides is 3. The number of unbranched alkanes of at least 4 members (excludes halogenated alkanes) is 1. The number of benzene rings is 3. The fourth-order valence-electron chi connectivity index (χ4n) is 7.13. The Kier molecular flexibility index (Phi) is 6.84. The number of anilines is 1. The lowest BCUT2D eigenvalue weighted by Crippen LogP contribution is -2.53. The van der Waals surface area contributed by atoms with Gasteiger partial charge in [-0.25, -0.2) is 0 Å². The molecule has 0 saturated carbocycles. The van der Waals surface area contributed by atoms with Crippen molar-refractivity contribution >= 4 is 34.2 Å². The van der Waals surface area contributed by atoms with E-state index in [1.807, 2.05) is 79.7 Å². The third-order valence-corrected chi connectivity index (χ3v) is 8.94. The van der Waals surface area contributed by atoms with Gasteiger partial charge in [0, 0.05) is 25.4 Å². The second kappa shape index (κ2) is 10.3. The molecule has 40 heavy (non-hydrogen) atoms. The summed E-state index contributed by atoms with van der Waals surface area (Å²) in [7, 11) is 0. The highest BCUT2D eigenvalue weighted by molar-refractivity contribution is 6.04. The Labute approximate surface area is 233 Å². The molecule has 0 radical (unpaired) electrons. The molecule has 3 N–H and O–H groups in total. The summed E-state index contributed by atoms with van der Waals surface area (Å²) < 4.78 is 6.67. The molecule has 2 unspecified atom stereocenters. The number of fused-ring (bicyclic) bond motifs is 2. The minimum Gasteiger partial charge on any atom is -0.396 e. The summed E-state index contributed by atoms with van der Waals surface area (Å²) in [5, 5.41) is 17.5. The standard InChI is InChI=1S/C32H35N3O5/c1-31-15-16-32(40-31)26(25(31)28(37)33-20-21-9-3-2-4-10-21)30(39)35(17-7-8-18-36)27(32)29(38)34-24-14-13-22-11-5-6-12-23(22)19-24/h2-6,9-14,19,25-27,36H,7-8,15-18,20H2,1H3,(H,33,37)(H,34,38)/t25-,26-,27?,31+,32?/m0/s1. The van der Waals surface area contributed by atoms with E-state index in [9.17, 15) is 19.5 Å². The van der Waals surface area contributed by atoms with Crippen molar-refractivity contribution in [2.75, 3.05) is 18.5 Å². The number of rotatable bonds is 9. The number of aliphatic hydroxyl groups is 1. The van der Waals surface area contributed by atoms with Crippen molar-refractivity contribution in [1.82, 2.24) is 10.2 Å². The van der Waals surface area contributed by atoms with Gasteiger partial charge < -0.3 is 25.4 Å². The number of hydrogen-bond donors (Lipinski definition) is 3. The molecule has 5 atom stereocenters. The molecule has 2 bridgehead atoms. The van der Waals surface area contributed by atoms with Crippen LogP contribution in [0.1, 0.15) is 38.2 Å². The molecule has 208 valence electrons. The van der Waals surface area contributed by atoms with Crippen molar-refractivity contribution < 1.29 is 24.2 Å². The molecule has 3 saturated heterocycles. The summed E-state index contributed by atoms with van der Waals surface area (Å²) in [6.45, 7) is 2.57. The Morgan fingerprint density at radius 3 is 2.50 bits per heavy atom. The van der Waals surface area contributed by atoms with Crippen LogP contribution in [0.5, 0.6) is 0 Å². The van der Waals surface area contributed by atoms with Crippen molar-refractivity contribution in [2.45, 2.75) is 56.4 Å². The van der Waals surface area contributed by atoms with Crippen molar-refractivity contribution in [2.24, 2.45) is 11.8 Å². The van der Waals surface area contributed by atoms with Gasteiger partial charge in [-0.05, 0) is 61.1 Å². The first-order valence-corrected chi connectivity index (χ1v) is 14.1. The molecule has 3 aromatic carbocycles. The van der Waals surface area contributed by atoms with Gasteiger partial charge in [0.15, 0.2) is 0 Å². The van der Waals surface area contributed by atoms with E-state index in [-0.39, 0.29) is 24.3 Å². The van der Waals surface area contributed by atoms with Crippen LogP contribution in [0.2, 0.25) is 0 Å². The highest BCUT2D eigenvalue weighted by Crippen LogP contribution is 2.63. The predicted molar refractivity (Wildman–Crippen MR) is 151 cm³/mol. The zero-order chi connectivity index (χ0) is 27.9. The van der Waals surface area contributed by atoms with E-state index < -0.39 is 29.1 Å². The quantitative estimate of drug-likeness (QED) is 0.359. The number of carbonyl (C=O) groups excluding carboxylic acids is 3. The highest BCUT2D eigenvalue weighted by atomic mass is 16.5. The maximum absolute atomic E-state index is 14.1. The molecule has 0 aliphatic carbocycles. The van der Waals surface area contributed by atoms with Gasteiger partial charge in [-0.3, -0.25) is 14.4 Å². The van der Waals surface area contributed by atoms with Crippen LogP contribution in [-0.4, -0.2) is 58.1 Å². The molecule has 3 fully saturated rings. The Morgan fingerprint density at radius 2 is 1.73 bits per heavy atom. The van der Waals surface area contributed by atoms with E-state index in [1.54, 1.807) is 4.90 Å². The van der Waals surface area contributed by atoms with E-state index in [2.05, 4.69) is 10.6 Å². The van der Waals surface area contributed by atoms with Crippen LogP contribution in [0.4, 0.5) is 5.69 Å². The maximum atomic E-state index is 14.1. The zero-order valence-electron chi connectivity index (χ0n) is 22.6. The molecular formula is C32H35N3O5. The van der Waals surface area contributed by atoms with Gasteiger partial charge in [-0.2, -0.15) is 0 Å². The largest absolute Gasteiger partial charge is 0.396 e. The molecule has 1 spiro atoms. The predicted octanol–water partition coefficient (Wildman–Crippen LogP) is 3.63. The van der Waals surface area contributed by atoms with Gasteiger partial charge in [0.2, 0.25) is 17.7 Å². The Hall–Kier alpha value is -3.75. The molecule has 6 rings (SSSR count). The molecule has 8 nitrogen and oxygen atoms in total. The fraction of sp³-hybridized carbons (Fsp3) is 0.406. The number of aliphatic hydroxyl groups excluding tert-OH is 1. The smallest absolute Gasteiger partial charge is 0.250 e. The van der Waals surface area contributed by atoms with Gasteiger partial charge >= 0.3 is 0 Å². The number of hydrogen-bond acceptors (Lipinski definition) is 5. The lowest BCUT2D eigenvalue weighted by molar-refractivity contribution is -0.144. The van der Waals surface area contributed by atoms with Crippen LogP contribution in [-0.2, 0) is 25.7 Å². The van der Waals surface area contributed by atoms with Gasteiger partial charge in [0.05, 0.1) is 17.4 Å². The van der Waals surface area contributed by atoms with Crippen molar-refractivity contribution in [3.05, 3.63) is 78.4 Å². The second-order valence-corrected chi connectivity index (χ2v) is 11.4. The van der Waals surface area contributed by atoms with E-state index in [0.29, 0.717) is 44.5 Å². The summed E-state index contributed by atoms with van der Waals surface area (Å²) in [6, 6.07) is 22.4. The SMILES string of the molecule is C[C@]12CCC3(O1)C(C(=O)Nc1ccc4ccccc4c1)N(CCCCO)C(=O)[C@@H]3[C@H]2C(=O)NCc1ccccc1. The first kappa shape index (κ1) is 26.5. The number of nitrogens with one attached hydrogen (secondary N) is 2. The number of likely N-dealkylation sites (tertiary alicyclic amines) is 1. The number of nitrogens with zero attached hydrogens (tertiary/aromatic N) is 1. The fourth-order valence-corrected chi connectivity index (χ4v) is 7.13. The number of ether oxygens (including phenoxy) is 1. The Bertz CT molecular complexity index is 1440. The lowest BCUT2D eigenvalue weighted by atomic mass is 9.66. The summed E-state index contributed by atoms with van der Waals surface area (Å²) in [4.78, 5) is 43.3. The van der Waals surface area contributed by atoms with Gasteiger partial charge in [-0.15, -0.1) is 0 Å². The van der Waals surface area contributed by atoms with E-state index >= 15 is 0 Å². The Balaban J connectivity index is 1.30. The summed E-state index contributed by atoms with van der Waals surface area (Å²) in [6.07, 6.45) is 2.17. The van der Waals surface area contributed by atoms with E-state index in [1.165, 1.54) is 0 Å². The van der Waals surface area contributed by atoms with Gasteiger partial charge in [-0.1, -0.05) is 60.7 Å². The molecule has 0 aromatic heterocycles. The Morgan fingerprint density at radius 1 is 0.975 bits per heavy atom. The van der Waals surface area contributed by atoms with Crippen LogP contribution in [0.15, 0.2) is 72.8 Å². The molecule has 3 aliphatic heterocycles. The normalized spacial score (nSPS) is 28.6. The van der Waals surface area contributed by atoms with Crippen LogP contribution < -0.4 is 10.6 Å². The van der Waals surface area contributed by atoms with E-state index in [0.717, 1.165) is 16.3 Å². The third kappa shape index (κ3) is 4.35. The van der Waals surface area contributed by atoms with Crippen LogP contribution in [0.3, 0.4) is 0 Å². The van der Waals surface area contributed by atoms with Gasteiger partial charge in [0.1, 0.15) is 11.6 Å².